The number of piperidine rings is 1. The molecule has 0 bridgehead atoms. The molecule has 1 saturated carbocycles. The standard InChI is InChI=1S/C20H29ClN2O2.ClH/c1-23(2)20(24)18-8-7-17(13-19(18)21)25-16-5-3-14(4-6-16)15-9-11-22-12-10-15;/h7-8,13-16,22H,3-6,9-12H2,1-2H3;1H/t14-,16+;. The first-order valence-corrected chi connectivity index (χ1v) is 9.81. The van der Waals surface area contributed by atoms with E-state index >= 15 is 0 Å². The lowest BCUT2D eigenvalue weighted by Crippen LogP contribution is -2.34. The molecule has 0 unspecified atom stereocenters. The van der Waals surface area contributed by atoms with Crippen LogP contribution in [0.25, 0.3) is 0 Å². The highest BCUT2D eigenvalue weighted by molar-refractivity contribution is 6.34. The van der Waals surface area contributed by atoms with Gasteiger partial charge in [0.05, 0.1) is 16.7 Å². The van der Waals surface area contributed by atoms with Gasteiger partial charge < -0.3 is 15.0 Å². The lowest BCUT2D eigenvalue weighted by molar-refractivity contribution is 0.0827. The van der Waals surface area contributed by atoms with E-state index in [1.807, 2.05) is 6.07 Å². The number of rotatable bonds is 4. The van der Waals surface area contributed by atoms with Crippen molar-refractivity contribution in [2.24, 2.45) is 11.8 Å². The van der Waals surface area contributed by atoms with Crippen molar-refractivity contribution < 1.29 is 9.53 Å². The molecule has 0 spiro atoms. The molecule has 1 aliphatic heterocycles. The number of benzene rings is 1. The fourth-order valence-electron chi connectivity index (χ4n) is 4.17. The van der Waals surface area contributed by atoms with Crippen molar-refractivity contribution in [3.05, 3.63) is 28.8 Å². The first kappa shape index (κ1) is 21.3. The fraction of sp³-hybridized carbons (Fsp3) is 0.650. The highest BCUT2D eigenvalue weighted by Gasteiger charge is 2.29. The molecule has 1 aliphatic carbocycles. The minimum Gasteiger partial charge on any atom is -0.490 e. The maximum absolute atomic E-state index is 12.0. The van der Waals surface area contributed by atoms with Gasteiger partial charge in [0.25, 0.3) is 5.91 Å². The third kappa shape index (κ3) is 5.28. The Labute approximate surface area is 168 Å². The molecule has 0 atom stereocenters. The normalized spacial score (nSPS) is 23.8. The van der Waals surface area contributed by atoms with E-state index in [-0.39, 0.29) is 24.4 Å². The van der Waals surface area contributed by atoms with E-state index in [1.54, 1.807) is 26.2 Å². The summed E-state index contributed by atoms with van der Waals surface area (Å²) >= 11 is 6.28. The highest BCUT2D eigenvalue weighted by Crippen LogP contribution is 2.36. The van der Waals surface area contributed by atoms with Crippen LogP contribution in [0.4, 0.5) is 0 Å². The zero-order valence-corrected chi connectivity index (χ0v) is 17.2. The SMILES string of the molecule is CN(C)C(=O)c1ccc(O[C@H]2CC[C@@H](C3CCNCC3)CC2)cc1Cl.Cl. The molecule has 4 nitrogen and oxygen atoms in total. The number of nitrogens with zero attached hydrogens (tertiary/aromatic N) is 1. The molecule has 6 heteroatoms. The molecule has 1 N–H and O–H groups in total. The third-order valence-corrected chi connectivity index (χ3v) is 5.96. The van der Waals surface area contributed by atoms with Gasteiger partial charge in [-0.25, -0.2) is 0 Å². The summed E-state index contributed by atoms with van der Waals surface area (Å²) in [6.07, 6.45) is 7.68. The van der Waals surface area contributed by atoms with E-state index < -0.39 is 0 Å². The fourth-order valence-corrected chi connectivity index (χ4v) is 4.42. The van der Waals surface area contributed by atoms with Gasteiger partial charge >= 0.3 is 0 Å². The van der Waals surface area contributed by atoms with Crippen LogP contribution in [0.5, 0.6) is 5.75 Å². The molecule has 1 aromatic rings. The Morgan fingerprint density at radius 3 is 2.27 bits per heavy atom. The summed E-state index contributed by atoms with van der Waals surface area (Å²) in [5, 5.41) is 3.91. The minimum absolute atomic E-state index is 0. The van der Waals surface area contributed by atoms with E-state index in [1.165, 1.54) is 43.7 Å². The van der Waals surface area contributed by atoms with Gasteiger partial charge in [0.2, 0.25) is 0 Å². The van der Waals surface area contributed by atoms with Gasteiger partial charge in [-0.15, -0.1) is 12.4 Å². The van der Waals surface area contributed by atoms with Crippen LogP contribution < -0.4 is 10.1 Å². The molecule has 3 rings (SSSR count). The van der Waals surface area contributed by atoms with Crippen LogP contribution in [0.3, 0.4) is 0 Å². The molecule has 1 aromatic carbocycles. The van der Waals surface area contributed by atoms with Crippen LogP contribution in [0, 0.1) is 11.8 Å². The van der Waals surface area contributed by atoms with E-state index in [2.05, 4.69) is 5.32 Å². The zero-order valence-electron chi connectivity index (χ0n) is 15.7. The Bertz CT molecular complexity index is 595. The summed E-state index contributed by atoms with van der Waals surface area (Å²) in [5.74, 6) is 2.45. The lowest BCUT2D eigenvalue weighted by Gasteiger charge is -2.36. The van der Waals surface area contributed by atoms with Gasteiger partial charge in [-0.2, -0.15) is 0 Å². The van der Waals surface area contributed by atoms with Crippen molar-refractivity contribution >= 4 is 29.9 Å². The number of ether oxygens (including phenoxy) is 1. The zero-order chi connectivity index (χ0) is 17.8. The van der Waals surface area contributed by atoms with Crippen molar-refractivity contribution in [3.8, 4) is 5.75 Å². The van der Waals surface area contributed by atoms with E-state index in [0.717, 1.165) is 30.4 Å². The monoisotopic (exact) mass is 400 g/mol. The number of nitrogens with one attached hydrogen (secondary N) is 1. The van der Waals surface area contributed by atoms with Crippen LogP contribution in [-0.4, -0.2) is 44.1 Å². The topological polar surface area (TPSA) is 41.6 Å². The summed E-state index contributed by atoms with van der Waals surface area (Å²) in [5.41, 5.74) is 0.522. The van der Waals surface area contributed by atoms with Crippen molar-refractivity contribution in [1.29, 1.82) is 0 Å². The summed E-state index contributed by atoms with van der Waals surface area (Å²) in [6.45, 7) is 2.36. The van der Waals surface area contributed by atoms with Crippen molar-refractivity contribution in [2.45, 2.75) is 44.6 Å². The molecule has 2 aliphatic rings. The number of halogens is 2. The minimum atomic E-state index is -0.0842. The van der Waals surface area contributed by atoms with E-state index in [0.29, 0.717) is 10.6 Å². The molecule has 146 valence electrons. The molecular formula is C20H30Cl2N2O2. The van der Waals surface area contributed by atoms with Gasteiger partial charge in [-0.3, -0.25) is 4.79 Å². The van der Waals surface area contributed by atoms with Crippen molar-refractivity contribution in [2.75, 3.05) is 27.2 Å². The van der Waals surface area contributed by atoms with Gasteiger partial charge in [-0.1, -0.05) is 11.6 Å². The van der Waals surface area contributed by atoms with Gasteiger partial charge in [-0.05, 0) is 81.6 Å². The molecule has 1 heterocycles. The Morgan fingerprint density at radius 2 is 1.69 bits per heavy atom. The maximum Gasteiger partial charge on any atom is 0.254 e. The van der Waals surface area contributed by atoms with Crippen LogP contribution in [-0.2, 0) is 0 Å². The second-order valence-corrected chi connectivity index (χ2v) is 7.99. The van der Waals surface area contributed by atoms with Gasteiger partial charge in [0.1, 0.15) is 5.75 Å². The average Bonchev–Trinajstić information content (AvgIpc) is 2.62. The largest absolute Gasteiger partial charge is 0.490 e. The number of amides is 1. The Hall–Kier alpha value is -0.970. The second kappa shape index (κ2) is 9.82. The van der Waals surface area contributed by atoms with Gasteiger partial charge in [0.15, 0.2) is 0 Å². The first-order chi connectivity index (χ1) is 12.0. The number of carbonyl (C=O) groups excluding carboxylic acids is 1. The molecule has 0 radical (unpaired) electrons. The number of hydrogen-bond donors (Lipinski definition) is 1. The second-order valence-electron chi connectivity index (χ2n) is 7.58. The van der Waals surface area contributed by atoms with E-state index in [9.17, 15) is 4.79 Å². The Balaban J connectivity index is 0.00000243. The third-order valence-electron chi connectivity index (χ3n) is 5.65. The maximum atomic E-state index is 12.0. The van der Waals surface area contributed by atoms with Crippen LogP contribution in [0.2, 0.25) is 5.02 Å². The molecule has 2 fully saturated rings. The summed E-state index contributed by atoms with van der Waals surface area (Å²) in [4.78, 5) is 13.6. The smallest absolute Gasteiger partial charge is 0.254 e. The molecule has 0 aromatic heterocycles. The molecule has 1 saturated heterocycles. The summed E-state index contributed by atoms with van der Waals surface area (Å²) < 4.78 is 6.15. The predicted molar refractivity (Wildman–Crippen MR) is 109 cm³/mol. The molecule has 26 heavy (non-hydrogen) atoms. The van der Waals surface area contributed by atoms with E-state index in [4.69, 9.17) is 16.3 Å². The van der Waals surface area contributed by atoms with Crippen LogP contribution in [0.15, 0.2) is 18.2 Å². The average molecular weight is 401 g/mol. The summed E-state index contributed by atoms with van der Waals surface area (Å²) in [7, 11) is 3.45. The van der Waals surface area contributed by atoms with Crippen LogP contribution in [0.1, 0.15) is 48.9 Å². The number of carbonyl (C=O) groups is 1. The molecular weight excluding hydrogens is 371 g/mol. The lowest BCUT2D eigenvalue weighted by atomic mass is 9.75. The number of hydrogen-bond acceptors (Lipinski definition) is 3. The van der Waals surface area contributed by atoms with Crippen molar-refractivity contribution in [3.63, 3.8) is 0 Å². The first-order valence-electron chi connectivity index (χ1n) is 9.43. The van der Waals surface area contributed by atoms with Crippen molar-refractivity contribution in [1.82, 2.24) is 10.2 Å². The summed E-state index contributed by atoms with van der Waals surface area (Å²) in [6, 6.07) is 5.40. The van der Waals surface area contributed by atoms with Gasteiger partial charge in [0, 0.05) is 14.1 Å². The molecule has 1 amide bonds. The van der Waals surface area contributed by atoms with Crippen LogP contribution >= 0.6 is 24.0 Å². The highest BCUT2D eigenvalue weighted by atomic mass is 35.5. The quantitative estimate of drug-likeness (QED) is 0.813. The Kier molecular flexibility index (Phi) is 8.05. The predicted octanol–water partition coefficient (Wildman–Crippen LogP) is 4.40. The Morgan fingerprint density at radius 1 is 1.08 bits per heavy atom.